The molecule has 1 heterocycles. The highest BCUT2D eigenvalue weighted by Gasteiger charge is 2.40. The maximum Gasteiger partial charge on any atom is 0.126 e. The van der Waals surface area contributed by atoms with E-state index in [1.54, 1.807) is 18.2 Å². The first-order valence-corrected chi connectivity index (χ1v) is 5.22. The van der Waals surface area contributed by atoms with E-state index >= 15 is 0 Å². The van der Waals surface area contributed by atoms with Crippen molar-refractivity contribution in [2.45, 2.75) is 31.6 Å². The molecule has 3 N–H and O–H groups in total. The molecule has 0 unspecified atom stereocenters. The molecule has 1 aliphatic rings. The minimum absolute atomic E-state index is 0.455. The second-order valence-electron chi connectivity index (χ2n) is 4.36. The van der Waals surface area contributed by atoms with Gasteiger partial charge in [-0.15, -0.1) is 0 Å². The average molecular weight is 228 g/mol. The number of fused-ring (bicyclic) bond motifs is 1. The van der Waals surface area contributed by atoms with E-state index in [4.69, 9.17) is 22.1 Å². The lowest BCUT2D eigenvalue weighted by Crippen LogP contribution is -2.53. The summed E-state index contributed by atoms with van der Waals surface area (Å²) in [7, 11) is 0. The second-order valence-corrected chi connectivity index (χ2v) is 4.79. The predicted octanol–water partition coefficient (Wildman–Crippen LogP) is 1.87. The van der Waals surface area contributed by atoms with Crippen LogP contribution in [0, 0.1) is 0 Å². The highest BCUT2D eigenvalue weighted by molar-refractivity contribution is 6.30. The Morgan fingerprint density at radius 1 is 1.47 bits per heavy atom. The van der Waals surface area contributed by atoms with Crippen molar-refractivity contribution in [3.63, 3.8) is 0 Å². The van der Waals surface area contributed by atoms with Gasteiger partial charge in [0.05, 0.1) is 6.04 Å². The number of ether oxygens (including phenoxy) is 1. The van der Waals surface area contributed by atoms with Gasteiger partial charge in [-0.1, -0.05) is 11.6 Å². The van der Waals surface area contributed by atoms with Crippen LogP contribution in [-0.2, 0) is 0 Å². The van der Waals surface area contributed by atoms with E-state index in [1.165, 1.54) is 0 Å². The van der Waals surface area contributed by atoms with Crippen LogP contribution in [0.5, 0.6) is 5.75 Å². The van der Waals surface area contributed by atoms with Crippen LogP contribution >= 0.6 is 11.6 Å². The van der Waals surface area contributed by atoms with E-state index in [-0.39, 0.29) is 0 Å². The average Bonchev–Trinajstić information content (AvgIpc) is 2.16. The highest BCUT2D eigenvalue weighted by atomic mass is 35.5. The molecule has 0 spiro atoms. The number of benzene rings is 1. The lowest BCUT2D eigenvalue weighted by molar-refractivity contribution is -0.0117. The zero-order valence-electron chi connectivity index (χ0n) is 8.70. The number of halogens is 1. The Labute approximate surface area is 93.8 Å². The van der Waals surface area contributed by atoms with Crippen LogP contribution in [0.1, 0.15) is 25.5 Å². The Morgan fingerprint density at radius 3 is 2.80 bits per heavy atom. The molecule has 0 radical (unpaired) electrons. The fourth-order valence-electron chi connectivity index (χ4n) is 1.77. The third kappa shape index (κ3) is 1.71. The standard InChI is InChI=1S/C11H14ClNO2/c1-11(2)10(13)9(14)7-5-6(12)3-4-8(7)15-11/h3-5,9-10,14H,13H2,1-2H3/t9-,10+/m0/s1. The van der Waals surface area contributed by atoms with Gasteiger partial charge in [-0.05, 0) is 32.0 Å². The Bertz CT molecular complexity index is 392. The molecule has 0 amide bonds. The summed E-state index contributed by atoms with van der Waals surface area (Å²) in [6.07, 6.45) is -0.734. The number of rotatable bonds is 0. The molecule has 1 aromatic carbocycles. The maximum absolute atomic E-state index is 10.0. The zero-order chi connectivity index (χ0) is 11.2. The van der Waals surface area contributed by atoms with Crippen LogP contribution in [0.25, 0.3) is 0 Å². The molecule has 0 bridgehead atoms. The van der Waals surface area contributed by atoms with Crippen LogP contribution in [-0.4, -0.2) is 16.7 Å². The second kappa shape index (κ2) is 3.37. The third-order valence-corrected chi connectivity index (χ3v) is 3.04. The molecule has 3 nitrogen and oxygen atoms in total. The first-order chi connectivity index (χ1) is 6.92. The van der Waals surface area contributed by atoms with Gasteiger partial charge in [0.25, 0.3) is 0 Å². The SMILES string of the molecule is CC1(C)Oc2ccc(Cl)cc2[C@H](O)[C@H]1N. The molecule has 0 aliphatic carbocycles. The fraction of sp³-hybridized carbons (Fsp3) is 0.455. The minimum Gasteiger partial charge on any atom is -0.486 e. The Morgan fingerprint density at radius 2 is 2.13 bits per heavy atom. The monoisotopic (exact) mass is 227 g/mol. The number of nitrogens with two attached hydrogens (primary N) is 1. The first-order valence-electron chi connectivity index (χ1n) is 4.84. The normalized spacial score (nSPS) is 28.1. The summed E-state index contributed by atoms with van der Waals surface area (Å²) in [6, 6.07) is 4.73. The van der Waals surface area contributed by atoms with E-state index in [2.05, 4.69) is 0 Å². The molecule has 0 saturated carbocycles. The zero-order valence-corrected chi connectivity index (χ0v) is 9.45. The van der Waals surface area contributed by atoms with Gasteiger partial charge >= 0.3 is 0 Å². The van der Waals surface area contributed by atoms with Gasteiger partial charge < -0.3 is 15.6 Å². The van der Waals surface area contributed by atoms with E-state index in [0.717, 1.165) is 0 Å². The van der Waals surface area contributed by atoms with Crippen molar-refractivity contribution in [1.29, 1.82) is 0 Å². The van der Waals surface area contributed by atoms with Crippen LogP contribution in [0.3, 0.4) is 0 Å². The summed E-state index contributed by atoms with van der Waals surface area (Å²) in [5, 5.41) is 10.6. The van der Waals surface area contributed by atoms with Crippen molar-refractivity contribution in [2.75, 3.05) is 0 Å². The Hall–Kier alpha value is -0.770. The van der Waals surface area contributed by atoms with Gasteiger partial charge in [-0.3, -0.25) is 0 Å². The van der Waals surface area contributed by atoms with E-state index in [1.807, 2.05) is 13.8 Å². The molecule has 0 saturated heterocycles. The van der Waals surface area contributed by atoms with Crippen molar-refractivity contribution < 1.29 is 9.84 Å². The molecule has 1 aliphatic heterocycles. The molecule has 2 atom stereocenters. The number of aliphatic hydroxyl groups is 1. The van der Waals surface area contributed by atoms with Crippen LogP contribution in [0.15, 0.2) is 18.2 Å². The maximum atomic E-state index is 10.0. The summed E-state index contributed by atoms with van der Waals surface area (Å²) in [5.41, 5.74) is 6.00. The summed E-state index contributed by atoms with van der Waals surface area (Å²) >= 11 is 5.85. The van der Waals surface area contributed by atoms with Crippen molar-refractivity contribution in [2.24, 2.45) is 5.73 Å². The van der Waals surface area contributed by atoms with Gasteiger partial charge in [0.15, 0.2) is 0 Å². The van der Waals surface area contributed by atoms with Crippen molar-refractivity contribution in [3.8, 4) is 5.75 Å². The molecular formula is C11H14ClNO2. The molecule has 4 heteroatoms. The highest BCUT2D eigenvalue weighted by Crippen LogP contribution is 2.39. The third-order valence-electron chi connectivity index (χ3n) is 2.81. The van der Waals surface area contributed by atoms with Crippen LogP contribution < -0.4 is 10.5 Å². The van der Waals surface area contributed by atoms with Gasteiger partial charge in [0, 0.05) is 10.6 Å². The molecule has 1 aromatic rings. The molecule has 0 fully saturated rings. The minimum atomic E-state index is -0.734. The smallest absolute Gasteiger partial charge is 0.126 e. The van der Waals surface area contributed by atoms with E-state index in [9.17, 15) is 5.11 Å². The molecule has 15 heavy (non-hydrogen) atoms. The molecular weight excluding hydrogens is 214 g/mol. The molecule has 82 valence electrons. The fourth-order valence-corrected chi connectivity index (χ4v) is 1.95. The van der Waals surface area contributed by atoms with E-state index < -0.39 is 17.7 Å². The predicted molar refractivity (Wildman–Crippen MR) is 59.1 cm³/mol. The van der Waals surface area contributed by atoms with Crippen molar-refractivity contribution in [1.82, 2.24) is 0 Å². The van der Waals surface area contributed by atoms with Gasteiger partial charge in [-0.2, -0.15) is 0 Å². The molecule has 2 rings (SSSR count). The summed E-state index contributed by atoms with van der Waals surface area (Å²) in [5.74, 6) is 0.651. The largest absolute Gasteiger partial charge is 0.486 e. The number of hydrogen-bond acceptors (Lipinski definition) is 3. The summed E-state index contributed by atoms with van der Waals surface area (Å²) in [6.45, 7) is 3.72. The Balaban J connectivity index is 2.50. The summed E-state index contributed by atoms with van der Waals surface area (Å²) < 4.78 is 5.71. The molecule has 0 aromatic heterocycles. The van der Waals surface area contributed by atoms with Crippen molar-refractivity contribution >= 4 is 11.6 Å². The lowest BCUT2D eigenvalue weighted by Gasteiger charge is -2.40. The van der Waals surface area contributed by atoms with Crippen LogP contribution in [0.2, 0.25) is 5.02 Å². The number of hydrogen-bond donors (Lipinski definition) is 2. The van der Waals surface area contributed by atoms with Gasteiger partial charge in [0.2, 0.25) is 0 Å². The van der Waals surface area contributed by atoms with Crippen LogP contribution in [0.4, 0.5) is 0 Å². The Kier molecular flexibility index (Phi) is 2.41. The number of aliphatic hydroxyl groups excluding tert-OH is 1. The quantitative estimate of drug-likeness (QED) is 0.712. The topological polar surface area (TPSA) is 55.5 Å². The van der Waals surface area contributed by atoms with E-state index in [0.29, 0.717) is 16.3 Å². The summed E-state index contributed by atoms with van der Waals surface area (Å²) in [4.78, 5) is 0. The van der Waals surface area contributed by atoms with Crippen molar-refractivity contribution in [3.05, 3.63) is 28.8 Å². The first kappa shape index (κ1) is 10.7. The lowest BCUT2D eigenvalue weighted by atomic mass is 9.87. The van der Waals surface area contributed by atoms with Gasteiger partial charge in [-0.25, -0.2) is 0 Å². The van der Waals surface area contributed by atoms with Gasteiger partial charge in [0.1, 0.15) is 17.5 Å².